The van der Waals surface area contributed by atoms with E-state index in [0.29, 0.717) is 6.54 Å². The maximum atomic E-state index is 10.7. The zero-order valence-corrected chi connectivity index (χ0v) is 10.4. The van der Waals surface area contributed by atoms with E-state index in [1.165, 1.54) is 0 Å². The van der Waals surface area contributed by atoms with Crippen LogP contribution in [-0.2, 0) is 11.3 Å². The molecule has 0 heterocycles. The molecule has 0 bridgehead atoms. The zero-order valence-electron chi connectivity index (χ0n) is 8.77. The lowest BCUT2D eigenvalue weighted by molar-refractivity contribution is -0.142. The van der Waals surface area contributed by atoms with Crippen molar-refractivity contribution in [3.63, 3.8) is 0 Å². The van der Waals surface area contributed by atoms with Gasteiger partial charge in [0.25, 0.3) is 0 Å². The highest BCUT2D eigenvalue weighted by Gasteiger charge is 2.16. The molecule has 1 aromatic rings. The number of likely N-dealkylation sites (N-methyl/N-ethyl adjacent to an activating group) is 1. The normalized spacial score (nSPS) is 12.8. The van der Waals surface area contributed by atoms with E-state index in [-0.39, 0.29) is 0 Å². The number of halogens is 1. The van der Waals surface area contributed by atoms with E-state index in [1.54, 1.807) is 18.9 Å². The van der Waals surface area contributed by atoms with Gasteiger partial charge in [0.15, 0.2) is 0 Å². The lowest BCUT2D eigenvalue weighted by atomic mass is 10.2. The Kier molecular flexibility index (Phi) is 4.29. The third kappa shape index (κ3) is 3.64. The van der Waals surface area contributed by atoms with Crippen LogP contribution in [0.3, 0.4) is 0 Å². The van der Waals surface area contributed by atoms with E-state index in [1.807, 2.05) is 24.3 Å². The summed E-state index contributed by atoms with van der Waals surface area (Å²) >= 11 is 3.36. The van der Waals surface area contributed by atoms with Crippen molar-refractivity contribution in [2.24, 2.45) is 0 Å². The minimum atomic E-state index is -0.797. The first-order chi connectivity index (χ1) is 7.00. The van der Waals surface area contributed by atoms with Gasteiger partial charge in [0, 0.05) is 11.0 Å². The van der Waals surface area contributed by atoms with Crippen LogP contribution in [0.1, 0.15) is 12.5 Å². The fourth-order valence-electron chi connectivity index (χ4n) is 1.20. The van der Waals surface area contributed by atoms with E-state index in [2.05, 4.69) is 15.9 Å². The minimum absolute atomic E-state index is 0.464. The largest absolute Gasteiger partial charge is 0.480 e. The summed E-state index contributed by atoms with van der Waals surface area (Å²) in [6, 6.07) is 7.40. The van der Waals surface area contributed by atoms with Gasteiger partial charge in [0.2, 0.25) is 0 Å². The molecule has 0 amide bonds. The first-order valence-electron chi connectivity index (χ1n) is 4.68. The zero-order chi connectivity index (χ0) is 11.4. The molecule has 82 valence electrons. The van der Waals surface area contributed by atoms with Crippen molar-refractivity contribution in [1.29, 1.82) is 0 Å². The molecular weight excluding hydrogens is 258 g/mol. The SMILES string of the molecule is CC(C(=O)O)N(C)Cc1ccc(Br)cc1. The number of rotatable bonds is 4. The highest BCUT2D eigenvalue weighted by atomic mass is 79.9. The first-order valence-corrected chi connectivity index (χ1v) is 5.47. The first kappa shape index (κ1) is 12.2. The van der Waals surface area contributed by atoms with Gasteiger partial charge in [-0.3, -0.25) is 9.69 Å². The number of benzene rings is 1. The number of hydrogen-bond acceptors (Lipinski definition) is 2. The fraction of sp³-hybridized carbons (Fsp3) is 0.364. The van der Waals surface area contributed by atoms with Crippen LogP contribution in [-0.4, -0.2) is 29.1 Å². The van der Waals surface area contributed by atoms with Crippen molar-refractivity contribution >= 4 is 21.9 Å². The van der Waals surface area contributed by atoms with Crippen LogP contribution in [0.2, 0.25) is 0 Å². The number of aliphatic carboxylic acids is 1. The molecule has 1 unspecified atom stereocenters. The van der Waals surface area contributed by atoms with E-state index < -0.39 is 12.0 Å². The molecule has 0 radical (unpaired) electrons. The topological polar surface area (TPSA) is 40.5 Å². The fourth-order valence-corrected chi connectivity index (χ4v) is 1.47. The number of hydrogen-bond donors (Lipinski definition) is 1. The van der Waals surface area contributed by atoms with Crippen molar-refractivity contribution in [1.82, 2.24) is 4.90 Å². The lowest BCUT2D eigenvalue weighted by Crippen LogP contribution is -2.35. The second-order valence-corrected chi connectivity index (χ2v) is 4.47. The third-order valence-electron chi connectivity index (χ3n) is 2.36. The monoisotopic (exact) mass is 271 g/mol. The van der Waals surface area contributed by atoms with Crippen LogP contribution >= 0.6 is 15.9 Å². The van der Waals surface area contributed by atoms with Gasteiger partial charge in [0.05, 0.1) is 0 Å². The van der Waals surface area contributed by atoms with Crippen LogP contribution in [0.25, 0.3) is 0 Å². The van der Waals surface area contributed by atoms with Gasteiger partial charge in [-0.2, -0.15) is 0 Å². The van der Waals surface area contributed by atoms with E-state index >= 15 is 0 Å². The Balaban J connectivity index is 2.62. The molecule has 15 heavy (non-hydrogen) atoms. The summed E-state index contributed by atoms with van der Waals surface area (Å²) in [6.07, 6.45) is 0. The van der Waals surface area contributed by atoms with Crippen LogP contribution in [0.15, 0.2) is 28.7 Å². The summed E-state index contributed by atoms with van der Waals surface area (Å²) in [5.74, 6) is -0.797. The average Bonchev–Trinajstić information content (AvgIpc) is 2.20. The highest BCUT2D eigenvalue weighted by molar-refractivity contribution is 9.10. The summed E-state index contributed by atoms with van der Waals surface area (Å²) < 4.78 is 1.03. The van der Waals surface area contributed by atoms with Crippen molar-refractivity contribution in [3.05, 3.63) is 34.3 Å². The Morgan fingerprint density at radius 3 is 2.47 bits per heavy atom. The number of nitrogens with zero attached hydrogens (tertiary/aromatic N) is 1. The molecule has 1 aromatic carbocycles. The standard InChI is InChI=1S/C11H14BrNO2/c1-8(11(14)15)13(2)7-9-3-5-10(12)6-4-9/h3-6,8H,7H2,1-2H3,(H,14,15). The number of carboxylic acid groups (broad SMARTS) is 1. The van der Waals surface area contributed by atoms with E-state index in [4.69, 9.17) is 5.11 Å². The molecule has 4 heteroatoms. The van der Waals surface area contributed by atoms with Gasteiger partial charge in [-0.1, -0.05) is 28.1 Å². The van der Waals surface area contributed by atoms with Crippen LogP contribution in [0.4, 0.5) is 0 Å². The number of carbonyl (C=O) groups is 1. The van der Waals surface area contributed by atoms with Crippen LogP contribution in [0, 0.1) is 0 Å². The van der Waals surface area contributed by atoms with Gasteiger partial charge in [-0.15, -0.1) is 0 Å². The highest BCUT2D eigenvalue weighted by Crippen LogP contribution is 2.12. The second kappa shape index (κ2) is 5.28. The van der Waals surface area contributed by atoms with E-state index in [0.717, 1.165) is 10.0 Å². The molecule has 1 rings (SSSR count). The quantitative estimate of drug-likeness (QED) is 0.914. The summed E-state index contributed by atoms with van der Waals surface area (Å²) in [7, 11) is 1.81. The van der Waals surface area contributed by atoms with Gasteiger partial charge >= 0.3 is 5.97 Å². The second-order valence-electron chi connectivity index (χ2n) is 3.56. The van der Waals surface area contributed by atoms with Gasteiger partial charge < -0.3 is 5.11 Å². The van der Waals surface area contributed by atoms with Crippen molar-refractivity contribution in [2.45, 2.75) is 19.5 Å². The summed E-state index contributed by atoms with van der Waals surface area (Å²) in [5.41, 5.74) is 1.11. The summed E-state index contributed by atoms with van der Waals surface area (Å²) in [5, 5.41) is 8.83. The molecule has 0 saturated heterocycles. The van der Waals surface area contributed by atoms with Crippen molar-refractivity contribution in [2.75, 3.05) is 7.05 Å². The summed E-state index contributed by atoms with van der Waals surface area (Å²) in [4.78, 5) is 12.5. The molecule has 1 atom stereocenters. The molecule has 0 fully saturated rings. The molecule has 1 N–H and O–H groups in total. The Morgan fingerprint density at radius 1 is 1.47 bits per heavy atom. The molecular formula is C11H14BrNO2. The lowest BCUT2D eigenvalue weighted by Gasteiger charge is -2.20. The number of carboxylic acids is 1. The minimum Gasteiger partial charge on any atom is -0.480 e. The Morgan fingerprint density at radius 2 is 2.00 bits per heavy atom. The smallest absolute Gasteiger partial charge is 0.320 e. The Hall–Kier alpha value is -0.870. The van der Waals surface area contributed by atoms with Crippen molar-refractivity contribution < 1.29 is 9.90 Å². The summed E-state index contributed by atoms with van der Waals surface area (Å²) in [6.45, 7) is 2.32. The molecule has 0 aromatic heterocycles. The molecule has 3 nitrogen and oxygen atoms in total. The Labute approximate surface area is 97.8 Å². The maximum absolute atomic E-state index is 10.7. The van der Waals surface area contributed by atoms with Crippen LogP contribution in [0.5, 0.6) is 0 Å². The molecule has 0 aliphatic rings. The average molecular weight is 272 g/mol. The van der Waals surface area contributed by atoms with Gasteiger partial charge in [-0.05, 0) is 31.7 Å². The van der Waals surface area contributed by atoms with Crippen LogP contribution < -0.4 is 0 Å². The third-order valence-corrected chi connectivity index (χ3v) is 2.89. The molecule has 0 aliphatic carbocycles. The van der Waals surface area contributed by atoms with Crippen molar-refractivity contribution in [3.8, 4) is 0 Å². The Bertz CT molecular complexity index is 337. The predicted molar refractivity (Wildman–Crippen MR) is 62.7 cm³/mol. The molecule has 0 spiro atoms. The predicted octanol–water partition coefficient (Wildman–Crippen LogP) is 2.35. The van der Waals surface area contributed by atoms with E-state index in [9.17, 15) is 4.79 Å². The molecule has 0 saturated carbocycles. The maximum Gasteiger partial charge on any atom is 0.320 e. The van der Waals surface area contributed by atoms with Gasteiger partial charge in [0.1, 0.15) is 6.04 Å². The van der Waals surface area contributed by atoms with Gasteiger partial charge in [-0.25, -0.2) is 0 Å². The molecule has 0 aliphatic heterocycles.